The lowest BCUT2D eigenvalue weighted by Gasteiger charge is -2.41. The maximum Gasteiger partial charge on any atom is 0.0695 e. The quantitative estimate of drug-likeness (QED) is 0.765. The number of aliphatic hydroxyl groups is 2. The summed E-state index contributed by atoms with van der Waals surface area (Å²) in [5, 5.41) is 19.3. The molecular weight excluding hydrogens is 202 g/mol. The predicted octanol–water partition coefficient (Wildman–Crippen LogP) is 1.53. The Bertz CT molecular complexity index is 204. The van der Waals surface area contributed by atoms with Crippen molar-refractivity contribution < 1.29 is 10.2 Å². The van der Waals surface area contributed by atoms with Gasteiger partial charge in [-0.15, -0.1) is 0 Å². The second kappa shape index (κ2) is 5.99. The summed E-state index contributed by atoms with van der Waals surface area (Å²) in [6.45, 7) is 0.964. The standard InChI is InChI=1S/C13H25NO2/c15-10-9-14(11-5-1-2-6-11)12-7-3-4-8-13(12)16/h11-13,15-16H,1-10H2. The highest BCUT2D eigenvalue weighted by Crippen LogP contribution is 2.30. The van der Waals surface area contributed by atoms with Gasteiger partial charge in [0.15, 0.2) is 0 Å². The molecule has 3 heteroatoms. The highest BCUT2D eigenvalue weighted by atomic mass is 16.3. The van der Waals surface area contributed by atoms with Crippen molar-refractivity contribution in [2.45, 2.75) is 69.6 Å². The third kappa shape index (κ3) is 2.76. The zero-order valence-corrected chi connectivity index (χ0v) is 10.1. The van der Waals surface area contributed by atoms with E-state index in [9.17, 15) is 10.2 Å². The summed E-state index contributed by atoms with van der Waals surface area (Å²) in [5.74, 6) is 0. The lowest BCUT2D eigenvalue weighted by Crippen LogP contribution is -2.50. The minimum atomic E-state index is -0.166. The molecule has 0 amide bonds. The minimum Gasteiger partial charge on any atom is -0.395 e. The van der Waals surface area contributed by atoms with Crippen molar-refractivity contribution in [3.8, 4) is 0 Å². The molecule has 2 fully saturated rings. The number of nitrogens with zero attached hydrogens (tertiary/aromatic N) is 1. The number of rotatable bonds is 4. The second-order valence-electron chi connectivity index (χ2n) is 5.32. The normalized spacial score (nSPS) is 32.4. The van der Waals surface area contributed by atoms with Crippen LogP contribution in [0.3, 0.4) is 0 Å². The van der Waals surface area contributed by atoms with Crippen LogP contribution in [0.1, 0.15) is 51.4 Å². The highest BCUT2D eigenvalue weighted by molar-refractivity contribution is 4.88. The molecule has 94 valence electrons. The van der Waals surface area contributed by atoms with Gasteiger partial charge in [-0.2, -0.15) is 0 Å². The van der Waals surface area contributed by atoms with Gasteiger partial charge in [0, 0.05) is 18.6 Å². The second-order valence-corrected chi connectivity index (χ2v) is 5.32. The van der Waals surface area contributed by atoms with E-state index in [4.69, 9.17) is 0 Å². The van der Waals surface area contributed by atoms with E-state index in [1.54, 1.807) is 0 Å². The summed E-state index contributed by atoms with van der Waals surface area (Å²) in [4.78, 5) is 2.40. The van der Waals surface area contributed by atoms with Gasteiger partial charge >= 0.3 is 0 Å². The molecule has 2 saturated carbocycles. The molecule has 2 N–H and O–H groups in total. The number of hydrogen-bond acceptors (Lipinski definition) is 3. The molecule has 0 aromatic heterocycles. The van der Waals surface area contributed by atoms with Crippen molar-refractivity contribution in [3.05, 3.63) is 0 Å². The Balaban J connectivity index is 1.98. The van der Waals surface area contributed by atoms with Gasteiger partial charge in [0.2, 0.25) is 0 Å². The van der Waals surface area contributed by atoms with Crippen LogP contribution in [-0.2, 0) is 0 Å². The van der Waals surface area contributed by atoms with Gasteiger partial charge < -0.3 is 10.2 Å². The molecule has 3 nitrogen and oxygen atoms in total. The van der Waals surface area contributed by atoms with E-state index in [-0.39, 0.29) is 12.7 Å². The summed E-state index contributed by atoms with van der Waals surface area (Å²) in [6, 6.07) is 0.925. The zero-order valence-electron chi connectivity index (χ0n) is 10.1. The molecule has 2 aliphatic carbocycles. The Hall–Kier alpha value is -0.120. The van der Waals surface area contributed by atoms with Gasteiger partial charge in [0.1, 0.15) is 0 Å². The first kappa shape index (κ1) is 12.3. The van der Waals surface area contributed by atoms with E-state index in [2.05, 4.69) is 4.90 Å². The molecule has 16 heavy (non-hydrogen) atoms. The summed E-state index contributed by atoms with van der Waals surface area (Å²) < 4.78 is 0. The van der Waals surface area contributed by atoms with Gasteiger partial charge in [-0.25, -0.2) is 0 Å². The van der Waals surface area contributed by atoms with Crippen molar-refractivity contribution in [2.75, 3.05) is 13.2 Å². The van der Waals surface area contributed by atoms with E-state index in [0.717, 1.165) is 25.8 Å². The smallest absolute Gasteiger partial charge is 0.0695 e. The molecule has 0 aliphatic heterocycles. The summed E-state index contributed by atoms with van der Waals surface area (Å²) >= 11 is 0. The molecule has 0 radical (unpaired) electrons. The fourth-order valence-electron chi connectivity index (χ4n) is 3.45. The Kier molecular flexibility index (Phi) is 4.62. The molecule has 0 spiro atoms. The molecule has 0 aromatic carbocycles. The van der Waals surface area contributed by atoms with E-state index >= 15 is 0 Å². The summed E-state index contributed by atoms with van der Waals surface area (Å²) in [7, 11) is 0. The first-order valence-corrected chi connectivity index (χ1v) is 6.87. The van der Waals surface area contributed by atoms with Crippen LogP contribution in [0.2, 0.25) is 0 Å². The van der Waals surface area contributed by atoms with Crippen LogP contribution >= 0.6 is 0 Å². The van der Waals surface area contributed by atoms with Gasteiger partial charge in [-0.1, -0.05) is 25.7 Å². The molecule has 2 atom stereocenters. The van der Waals surface area contributed by atoms with E-state index < -0.39 is 0 Å². The van der Waals surface area contributed by atoms with E-state index in [1.807, 2.05) is 0 Å². The highest BCUT2D eigenvalue weighted by Gasteiger charge is 2.33. The maximum absolute atomic E-state index is 10.1. The Morgan fingerprint density at radius 3 is 2.19 bits per heavy atom. The number of aliphatic hydroxyl groups excluding tert-OH is 2. The molecule has 0 saturated heterocycles. The van der Waals surface area contributed by atoms with Crippen LogP contribution in [0.25, 0.3) is 0 Å². The minimum absolute atomic E-state index is 0.166. The van der Waals surface area contributed by atoms with Crippen LogP contribution < -0.4 is 0 Å². The Labute approximate surface area is 98.5 Å². The third-order valence-corrected chi connectivity index (χ3v) is 4.27. The zero-order chi connectivity index (χ0) is 11.4. The molecule has 2 aliphatic rings. The predicted molar refractivity (Wildman–Crippen MR) is 64.3 cm³/mol. The van der Waals surface area contributed by atoms with Crippen molar-refractivity contribution >= 4 is 0 Å². The molecule has 2 unspecified atom stereocenters. The SMILES string of the molecule is OCCN(C1CCCC1)C1CCCCC1O. The lowest BCUT2D eigenvalue weighted by atomic mass is 9.90. The Morgan fingerprint density at radius 1 is 0.938 bits per heavy atom. The molecule has 0 bridgehead atoms. The topological polar surface area (TPSA) is 43.7 Å². The van der Waals surface area contributed by atoms with Crippen LogP contribution in [0.4, 0.5) is 0 Å². The first-order chi connectivity index (χ1) is 7.83. The average molecular weight is 227 g/mol. The average Bonchev–Trinajstić information content (AvgIpc) is 2.80. The van der Waals surface area contributed by atoms with Crippen molar-refractivity contribution in [1.29, 1.82) is 0 Å². The molecule has 2 rings (SSSR count). The van der Waals surface area contributed by atoms with Crippen LogP contribution in [0.5, 0.6) is 0 Å². The maximum atomic E-state index is 10.1. The van der Waals surface area contributed by atoms with Gasteiger partial charge in [-0.05, 0) is 25.7 Å². The Morgan fingerprint density at radius 2 is 1.56 bits per heavy atom. The van der Waals surface area contributed by atoms with E-state index in [1.165, 1.54) is 32.1 Å². The van der Waals surface area contributed by atoms with Gasteiger partial charge in [0.05, 0.1) is 12.7 Å². The lowest BCUT2D eigenvalue weighted by molar-refractivity contribution is -0.00794. The first-order valence-electron chi connectivity index (χ1n) is 6.87. The van der Waals surface area contributed by atoms with Gasteiger partial charge in [0.25, 0.3) is 0 Å². The largest absolute Gasteiger partial charge is 0.395 e. The fourth-order valence-corrected chi connectivity index (χ4v) is 3.45. The van der Waals surface area contributed by atoms with Crippen molar-refractivity contribution in [2.24, 2.45) is 0 Å². The van der Waals surface area contributed by atoms with Crippen molar-refractivity contribution in [3.63, 3.8) is 0 Å². The summed E-state index contributed by atoms with van der Waals surface area (Å²) in [6.07, 6.45) is 9.42. The number of hydrogen-bond donors (Lipinski definition) is 2. The van der Waals surface area contributed by atoms with Crippen LogP contribution in [0.15, 0.2) is 0 Å². The molecule has 0 heterocycles. The van der Waals surface area contributed by atoms with Crippen LogP contribution in [0, 0.1) is 0 Å². The monoisotopic (exact) mass is 227 g/mol. The van der Waals surface area contributed by atoms with E-state index in [0.29, 0.717) is 12.1 Å². The fraction of sp³-hybridized carbons (Fsp3) is 1.00. The van der Waals surface area contributed by atoms with Crippen molar-refractivity contribution in [1.82, 2.24) is 4.90 Å². The third-order valence-electron chi connectivity index (χ3n) is 4.27. The molecular formula is C13H25NO2. The molecule has 0 aromatic rings. The summed E-state index contributed by atoms with van der Waals surface area (Å²) in [5.41, 5.74) is 0. The van der Waals surface area contributed by atoms with Gasteiger partial charge in [-0.3, -0.25) is 4.90 Å². The van der Waals surface area contributed by atoms with Crippen LogP contribution in [-0.4, -0.2) is 46.5 Å².